The molecule has 0 aliphatic heterocycles. The monoisotopic (exact) mass is 282 g/mol. The zero-order valence-corrected chi connectivity index (χ0v) is 11.7. The van der Waals surface area contributed by atoms with E-state index in [1.54, 1.807) is 19.1 Å². The van der Waals surface area contributed by atoms with Gasteiger partial charge in [0.25, 0.3) is 0 Å². The molecule has 2 amide bonds. The lowest BCUT2D eigenvalue weighted by atomic mass is 10.1. The fraction of sp³-hybridized carbons (Fsp3) is 0.429. The van der Waals surface area contributed by atoms with Crippen LogP contribution in [0.15, 0.2) is 18.2 Å². The second kappa shape index (κ2) is 8.14. The first-order valence-electron chi connectivity index (χ1n) is 6.43. The van der Waals surface area contributed by atoms with Gasteiger partial charge in [-0.1, -0.05) is 12.1 Å². The Morgan fingerprint density at radius 1 is 1.25 bits per heavy atom. The molecule has 5 nitrogen and oxygen atoms in total. The van der Waals surface area contributed by atoms with Crippen molar-refractivity contribution in [2.45, 2.75) is 19.8 Å². The van der Waals surface area contributed by atoms with E-state index in [0.717, 1.165) is 0 Å². The molecule has 0 saturated carbocycles. The van der Waals surface area contributed by atoms with Crippen molar-refractivity contribution in [1.29, 1.82) is 0 Å². The van der Waals surface area contributed by atoms with Gasteiger partial charge in [0.05, 0.1) is 13.7 Å². The summed E-state index contributed by atoms with van der Waals surface area (Å²) in [5.74, 6) is -0.830. The van der Waals surface area contributed by atoms with Gasteiger partial charge in [0, 0.05) is 13.0 Å². The zero-order chi connectivity index (χ0) is 15.0. The Kier molecular flexibility index (Phi) is 6.49. The van der Waals surface area contributed by atoms with E-state index < -0.39 is 5.82 Å². The number of halogens is 1. The van der Waals surface area contributed by atoms with E-state index in [1.807, 2.05) is 0 Å². The molecule has 0 spiro atoms. The Morgan fingerprint density at radius 2 is 2.00 bits per heavy atom. The maximum atomic E-state index is 13.8. The highest BCUT2D eigenvalue weighted by Crippen LogP contribution is 2.20. The average Bonchev–Trinajstić information content (AvgIpc) is 2.44. The number of benzene rings is 1. The molecule has 0 radical (unpaired) electrons. The lowest BCUT2D eigenvalue weighted by molar-refractivity contribution is -0.126. The van der Waals surface area contributed by atoms with Crippen LogP contribution in [0, 0.1) is 5.82 Å². The van der Waals surface area contributed by atoms with Crippen LogP contribution < -0.4 is 15.4 Å². The fourth-order valence-corrected chi connectivity index (χ4v) is 1.68. The number of carbonyl (C=O) groups excluding carboxylic acids is 2. The van der Waals surface area contributed by atoms with Gasteiger partial charge < -0.3 is 15.4 Å². The van der Waals surface area contributed by atoms with E-state index >= 15 is 0 Å². The third-order valence-electron chi connectivity index (χ3n) is 2.70. The molecule has 6 heteroatoms. The number of hydrogen-bond acceptors (Lipinski definition) is 3. The lowest BCUT2D eigenvalue weighted by Crippen LogP contribution is -2.36. The third kappa shape index (κ3) is 4.87. The Bertz CT molecular complexity index is 477. The topological polar surface area (TPSA) is 67.4 Å². The lowest BCUT2D eigenvalue weighted by Gasteiger charge is -2.08. The predicted octanol–water partition coefficient (Wildman–Crippen LogP) is 1.02. The third-order valence-corrected chi connectivity index (χ3v) is 2.70. The van der Waals surface area contributed by atoms with Gasteiger partial charge in [0.2, 0.25) is 11.8 Å². The number of likely N-dealkylation sites (N-methyl/N-ethyl adjacent to an activating group) is 1. The molecule has 0 fully saturated rings. The van der Waals surface area contributed by atoms with Crippen molar-refractivity contribution in [3.8, 4) is 5.75 Å². The Balaban J connectivity index is 2.43. The van der Waals surface area contributed by atoms with Gasteiger partial charge in [-0.2, -0.15) is 0 Å². The summed E-state index contributed by atoms with van der Waals surface area (Å²) in [7, 11) is 1.39. The number of carbonyl (C=O) groups is 2. The smallest absolute Gasteiger partial charge is 0.239 e. The van der Waals surface area contributed by atoms with Gasteiger partial charge in [0.1, 0.15) is 0 Å². The largest absolute Gasteiger partial charge is 0.494 e. The first-order valence-corrected chi connectivity index (χ1v) is 6.43. The summed E-state index contributed by atoms with van der Waals surface area (Å²) >= 11 is 0. The number of rotatable bonds is 7. The van der Waals surface area contributed by atoms with E-state index in [4.69, 9.17) is 4.74 Å². The molecule has 1 aromatic carbocycles. The van der Waals surface area contributed by atoms with E-state index in [0.29, 0.717) is 12.1 Å². The standard InChI is InChI=1S/C14H19FN2O3/c1-3-16-13(19)9-17-12(18)8-7-10-5-4-6-11(20-2)14(10)15/h4-6H,3,7-9H2,1-2H3,(H,16,19)(H,17,18). The molecule has 0 atom stereocenters. The Morgan fingerprint density at radius 3 is 2.65 bits per heavy atom. The maximum Gasteiger partial charge on any atom is 0.239 e. The van der Waals surface area contributed by atoms with Gasteiger partial charge in [-0.25, -0.2) is 4.39 Å². The van der Waals surface area contributed by atoms with Crippen molar-refractivity contribution in [1.82, 2.24) is 10.6 Å². The van der Waals surface area contributed by atoms with E-state index in [-0.39, 0.29) is 37.0 Å². The first-order chi connectivity index (χ1) is 9.58. The number of aryl methyl sites for hydroxylation is 1. The number of methoxy groups -OCH3 is 1. The van der Waals surface area contributed by atoms with Crippen molar-refractivity contribution in [2.24, 2.45) is 0 Å². The number of nitrogens with one attached hydrogen (secondary N) is 2. The molecule has 0 bridgehead atoms. The Labute approximate surface area is 117 Å². The minimum absolute atomic E-state index is 0.0622. The highest BCUT2D eigenvalue weighted by molar-refractivity contribution is 5.84. The van der Waals surface area contributed by atoms with Crippen LogP contribution in [0.1, 0.15) is 18.9 Å². The molecule has 0 heterocycles. The van der Waals surface area contributed by atoms with Crippen LogP contribution in [0.3, 0.4) is 0 Å². The molecule has 0 saturated heterocycles. The van der Waals surface area contributed by atoms with Gasteiger partial charge in [0.15, 0.2) is 11.6 Å². The summed E-state index contributed by atoms with van der Waals surface area (Å²) in [6.45, 7) is 2.25. The molecule has 0 aliphatic rings. The molecular formula is C14H19FN2O3. The van der Waals surface area contributed by atoms with E-state index in [9.17, 15) is 14.0 Å². The molecule has 2 N–H and O–H groups in total. The average molecular weight is 282 g/mol. The van der Waals surface area contributed by atoms with E-state index in [2.05, 4.69) is 10.6 Å². The fourth-order valence-electron chi connectivity index (χ4n) is 1.68. The number of hydrogen-bond donors (Lipinski definition) is 2. The summed E-state index contributed by atoms with van der Waals surface area (Å²) in [6, 6.07) is 4.80. The van der Waals surface area contributed by atoms with Crippen LogP contribution in [0.5, 0.6) is 5.75 Å². The first kappa shape index (κ1) is 15.9. The maximum absolute atomic E-state index is 13.8. The van der Waals surface area contributed by atoms with Crippen molar-refractivity contribution >= 4 is 11.8 Å². The van der Waals surface area contributed by atoms with Crippen molar-refractivity contribution in [2.75, 3.05) is 20.2 Å². The summed E-state index contributed by atoms with van der Waals surface area (Å²) < 4.78 is 18.7. The van der Waals surface area contributed by atoms with Crippen LogP contribution in [-0.4, -0.2) is 32.0 Å². The zero-order valence-electron chi connectivity index (χ0n) is 11.7. The van der Waals surface area contributed by atoms with Crippen molar-refractivity contribution < 1.29 is 18.7 Å². The molecule has 0 aromatic heterocycles. The van der Waals surface area contributed by atoms with Crippen LogP contribution >= 0.6 is 0 Å². The number of amides is 2. The van der Waals surface area contributed by atoms with Gasteiger partial charge >= 0.3 is 0 Å². The van der Waals surface area contributed by atoms with Gasteiger partial charge in [-0.15, -0.1) is 0 Å². The summed E-state index contributed by atoms with van der Waals surface area (Å²) in [6.07, 6.45) is 0.369. The van der Waals surface area contributed by atoms with Crippen LogP contribution in [-0.2, 0) is 16.0 Å². The minimum Gasteiger partial charge on any atom is -0.494 e. The normalized spacial score (nSPS) is 9.95. The quantitative estimate of drug-likeness (QED) is 0.784. The highest BCUT2D eigenvalue weighted by atomic mass is 19.1. The van der Waals surface area contributed by atoms with Crippen LogP contribution in [0.25, 0.3) is 0 Å². The van der Waals surface area contributed by atoms with E-state index in [1.165, 1.54) is 13.2 Å². The van der Waals surface area contributed by atoms with Crippen LogP contribution in [0.4, 0.5) is 4.39 Å². The molecule has 1 aromatic rings. The predicted molar refractivity (Wildman–Crippen MR) is 73.0 cm³/mol. The van der Waals surface area contributed by atoms with Gasteiger partial charge in [-0.3, -0.25) is 9.59 Å². The summed E-state index contributed by atoms with van der Waals surface area (Å²) in [5, 5.41) is 5.05. The molecular weight excluding hydrogens is 263 g/mol. The Hall–Kier alpha value is -2.11. The second-order valence-corrected chi connectivity index (χ2v) is 4.16. The molecule has 0 aliphatic carbocycles. The van der Waals surface area contributed by atoms with Gasteiger partial charge in [-0.05, 0) is 25.0 Å². The molecule has 110 valence electrons. The molecule has 0 unspecified atom stereocenters. The molecule has 1 rings (SSSR count). The minimum atomic E-state index is -0.452. The second-order valence-electron chi connectivity index (χ2n) is 4.16. The van der Waals surface area contributed by atoms with Crippen molar-refractivity contribution in [3.63, 3.8) is 0 Å². The SMILES string of the molecule is CCNC(=O)CNC(=O)CCc1cccc(OC)c1F. The summed E-state index contributed by atoms with van der Waals surface area (Å²) in [4.78, 5) is 22.7. The highest BCUT2D eigenvalue weighted by Gasteiger charge is 2.10. The van der Waals surface area contributed by atoms with Crippen molar-refractivity contribution in [3.05, 3.63) is 29.6 Å². The van der Waals surface area contributed by atoms with Crippen LogP contribution in [0.2, 0.25) is 0 Å². The number of ether oxygens (including phenoxy) is 1. The summed E-state index contributed by atoms with van der Waals surface area (Å²) in [5.41, 5.74) is 0.414. The molecule has 20 heavy (non-hydrogen) atoms.